The minimum Gasteiger partial charge on any atom is -0.481 e. The van der Waals surface area contributed by atoms with Gasteiger partial charge < -0.3 is 15.2 Å². The van der Waals surface area contributed by atoms with Crippen molar-refractivity contribution in [3.63, 3.8) is 0 Å². The number of nitrogens with zero attached hydrogens (tertiary/aromatic N) is 1. The summed E-state index contributed by atoms with van der Waals surface area (Å²) in [7, 11) is -2.33. The number of amides is 1. The highest BCUT2D eigenvalue weighted by atomic mass is 32.2. The number of carboxylic acids is 1. The Kier molecular flexibility index (Phi) is 7.83. The zero-order chi connectivity index (χ0) is 16.7. The highest BCUT2D eigenvalue weighted by molar-refractivity contribution is 7.89. The van der Waals surface area contributed by atoms with Crippen LogP contribution in [0.25, 0.3) is 0 Å². The van der Waals surface area contributed by atoms with Crippen molar-refractivity contribution >= 4 is 21.9 Å². The van der Waals surface area contributed by atoms with Gasteiger partial charge in [0.05, 0.1) is 18.6 Å². The molecule has 0 heterocycles. The number of carbonyl (C=O) groups excluding carboxylic acids is 1. The average molecular weight is 324 g/mol. The van der Waals surface area contributed by atoms with E-state index < -0.39 is 33.2 Å². The van der Waals surface area contributed by atoms with Crippen molar-refractivity contribution in [1.29, 1.82) is 0 Å². The Hall–Kier alpha value is -1.19. The Morgan fingerprint density at radius 2 is 1.81 bits per heavy atom. The molecular formula is C12H24N2O6S. The fourth-order valence-electron chi connectivity index (χ4n) is 2.03. The fraction of sp³-hybridized carbons (Fsp3) is 0.833. The van der Waals surface area contributed by atoms with Crippen LogP contribution in [-0.2, 0) is 24.3 Å². The minimum atomic E-state index is -3.70. The Morgan fingerprint density at radius 1 is 1.29 bits per heavy atom. The van der Waals surface area contributed by atoms with Gasteiger partial charge in [-0.2, -0.15) is 0 Å². The molecule has 0 aliphatic rings. The van der Waals surface area contributed by atoms with Gasteiger partial charge in [0.1, 0.15) is 5.75 Å². The van der Waals surface area contributed by atoms with E-state index in [-0.39, 0.29) is 26.1 Å². The first-order valence-corrected chi connectivity index (χ1v) is 8.20. The lowest BCUT2D eigenvalue weighted by atomic mass is 9.99. The van der Waals surface area contributed by atoms with Crippen molar-refractivity contribution in [2.45, 2.75) is 32.7 Å². The second-order valence-corrected chi connectivity index (χ2v) is 6.92. The molecule has 21 heavy (non-hydrogen) atoms. The zero-order valence-corrected chi connectivity index (χ0v) is 13.7. The molecule has 0 rings (SSSR count). The smallest absolute Gasteiger partial charge is 0.305 e. The van der Waals surface area contributed by atoms with E-state index >= 15 is 0 Å². The molecule has 0 bridgehead atoms. The lowest BCUT2D eigenvalue weighted by molar-refractivity contribution is -0.139. The summed E-state index contributed by atoms with van der Waals surface area (Å²) in [6.45, 7) is 5.37. The first-order chi connectivity index (χ1) is 9.60. The molecule has 0 fully saturated rings. The summed E-state index contributed by atoms with van der Waals surface area (Å²) in [5.74, 6) is -2.57. The van der Waals surface area contributed by atoms with Gasteiger partial charge in [-0.3, -0.25) is 9.59 Å². The standard InChI is InChI=1S/C12H24N2O6S/c1-5-14(6-2)21(18,19)8-10(15)13-12(3,9-20-4)7-11(16)17/h5-9H2,1-4H3,(H,13,15)(H,16,17). The van der Waals surface area contributed by atoms with Crippen LogP contribution in [0.15, 0.2) is 0 Å². The average Bonchev–Trinajstić information content (AvgIpc) is 2.26. The lowest BCUT2D eigenvalue weighted by Gasteiger charge is -2.29. The van der Waals surface area contributed by atoms with Crippen molar-refractivity contribution in [1.82, 2.24) is 9.62 Å². The predicted octanol–water partition coefficient (Wildman–Crippen LogP) is -0.346. The molecule has 0 aromatic carbocycles. The molecule has 1 unspecified atom stereocenters. The quantitative estimate of drug-likeness (QED) is 0.568. The Bertz CT molecular complexity index is 460. The summed E-state index contributed by atoms with van der Waals surface area (Å²) < 4.78 is 30.0. The number of ether oxygens (including phenoxy) is 1. The summed E-state index contributed by atoms with van der Waals surface area (Å²) in [5.41, 5.74) is -1.16. The van der Waals surface area contributed by atoms with Crippen molar-refractivity contribution in [2.75, 3.05) is 32.6 Å². The highest BCUT2D eigenvalue weighted by Gasteiger charge is 2.32. The molecule has 2 N–H and O–H groups in total. The summed E-state index contributed by atoms with van der Waals surface area (Å²) in [6.07, 6.45) is -0.363. The maximum Gasteiger partial charge on any atom is 0.305 e. The molecule has 0 saturated carbocycles. The Morgan fingerprint density at radius 3 is 2.19 bits per heavy atom. The molecule has 0 aliphatic heterocycles. The van der Waals surface area contributed by atoms with Crippen molar-refractivity contribution in [2.24, 2.45) is 0 Å². The number of sulfonamides is 1. The van der Waals surface area contributed by atoms with Crippen molar-refractivity contribution < 1.29 is 27.9 Å². The third-order valence-electron chi connectivity index (χ3n) is 2.86. The molecule has 8 nitrogen and oxygen atoms in total. The second-order valence-electron chi connectivity index (χ2n) is 4.95. The van der Waals surface area contributed by atoms with Gasteiger partial charge in [0.15, 0.2) is 0 Å². The van der Waals surface area contributed by atoms with Crippen LogP contribution in [0.3, 0.4) is 0 Å². The van der Waals surface area contributed by atoms with E-state index in [0.29, 0.717) is 0 Å². The number of carboxylic acid groups (broad SMARTS) is 1. The number of hydrogen-bond acceptors (Lipinski definition) is 5. The summed E-state index contributed by atoms with van der Waals surface area (Å²) in [6, 6.07) is 0. The fourth-order valence-corrected chi connectivity index (χ4v) is 3.40. The van der Waals surface area contributed by atoms with Crippen LogP contribution in [-0.4, -0.2) is 67.8 Å². The summed E-state index contributed by atoms with van der Waals surface area (Å²) in [4.78, 5) is 22.7. The molecule has 0 radical (unpaired) electrons. The van der Waals surface area contributed by atoms with E-state index in [4.69, 9.17) is 9.84 Å². The highest BCUT2D eigenvalue weighted by Crippen LogP contribution is 2.11. The van der Waals surface area contributed by atoms with Gasteiger partial charge in [0.25, 0.3) is 0 Å². The topological polar surface area (TPSA) is 113 Å². The predicted molar refractivity (Wildman–Crippen MR) is 77.4 cm³/mol. The number of methoxy groups -OCH3 is 1. The minimum absolute atomic E-state index is 0.0314. The maximum atomic E-state index is 12.0. The molecule has 0 aliphatic carbocycles. The van der Waals surface area contributed by atoms with E-state index in [9.17, 15) is 18.0 Å². The number of nitrogens with one attached hydrogen (secondary N) is 1. The Balaban J connectivity index is 4.90. The molecule has 0 saturated heterocycles. The summed E-state index contributed by atoms with van der Waals surface area (Å²) in [5, 5.41) is 11.3. The van der Waals surface area contributed by atoms with Gasteiger partial charge in [-0.25, -0.2) is 12.7 Å². The van der Waals surface area contributed by atoms with Crippen LogP contribution in [0.1, 0.15) is 27.2 Å². The molecule has 0 spiro atoms. The normalized spacial score (nSPS) is 14.7. The van der Waals surface area contributed by atoms with Crippen LogP contribution < -0.4 is 5.32 Å². The molecule has 1 atom stereocenters. The molecule has 1 amide bonds. The number of rotatable bonds is 10. The SMILES string of the molecule is CCN(CC)S(=O)(=O)CC(=O)NC(C)(COC)CC(=O)O. The molecule has 0 aromatic rings. The third kappa shape index (κ3) is 6.87. The van der Waals surface area contributed by atoms with Crippen LogP contribution in [0.5, 0.6) is 0 Å². The van der Waals surface area contributed by atoms with E-state index in [2.05, 4.69) is 5.32 Å². The van der Waals surface area contributed by atoms with Crippen LogP contribution in [0.2, 0.25) is 0 Å². The van der Waals surface area contributed by atoms with Gasteiger partial charge in [-0.05, 0) is 6.92 Å². The summed E-state index contributed by atoms with van der Waals surface area (Å²) >= 11 is 0. The van der Waals surface area contributed by atoms with Crippen LogP contribution in [0, 0.1) is 0 Å². The number of aliphatic carboxylic acids is 1. The van der Waals surface area contributed by atoms with E-state index in [1.165, 1.54) is 18.3 Å². The molecular weight excluding hydrogens is 300 g/mol. The first kappa shape index (κ1) is 19.8. The largest absolute Gasteiger partial charge is 0.481 e. The maximum absolute atomic E-state index is 12.0. The van der Waals surface area contributed by atoms with Gasteiger partial charge in [-0.1, -0.05) is 13.8 Å². The van der Waals surface area contributed by atoms with E-state index in [0.717, 1.165) is 0 Å². The Labute approximate surface area is 125 Å². The lowest BCUT2D eigenvalue weighted by Crippen LogP contribution is -2.53. The van der Waals surface area contributed by atoms with E-state index in [1.807, 2.05) is 0 Å². The number of hydrogen-bond donors (Lipinski definition) is 2. The monoisotopic (exact) mass is 324 g/mol. The first-order valence-electron chi connectivity index (χ1n) is 6.59. The second kappa shape index (κ2) is 8.30. The van der Waals surface area contributed by atoms with Gasteiger partial charge in [0.2, 0.25) is 15.9 Å². The number of carbonyl (C=O) groups is 2. The molecule has 9 heteroatoms. The van der Waals surface area contributed by atoms with Crippen molar-refractivity contribution in [3.05, 3.63) is 0 Å². The van der Waals surface area contributed by atoms with E-state index in [1.54, 1.807) is 13.8 Å². The molecule has 0 aromatic heterocycles. The van der Waals surface area contributed by atoms with Crippen molar-refractivity contribution in [3.8, 4) is 0 Å². The van der Waals surface area contributed by atoms with Crippen LogP contribution >= 0.6 is 0 Å². The van der Waals surface area contributed by atoms with Gasteiger partial charge in [0, 0.05) is 20.2 Å². The molecule has 124 valence electrons. The van der Waals surface area contributed by atoms with Crippen LogP contribution in [0.4, 0.5) is 0 Å². The zero-order valence-electron chi connectivity index (χ0n) is 12.9. The third-order valence-corrected chi connectivity index (χ3v) is 4.79. The van der Waals surface area contributed by atoms with Gasteiger partial charge >= 0.3 is 5.97 Å². The van der Waals surface area contributed by atoms with Gasteiger partial charge in [-0.15, -0.1) is 0 Å².